The van der Waals surface area contributed by atoms with Crippen LogP contribution in [0.3, 0.4) is 0 Å². The summed E-state index contributed by atoms with van der Waals surface area (Å²) in [6.45, 7) is 10.3. The molecular weight excluding hydrogens is 502 g/mol. The molecule has 0 aromatic heterocycles. The molecule has 1 unspecified atom stereocenters. The number of aryl methyl sites for hydroxylation is 1. The maximum atomic E-state index is 13.3. The Morgan fingerprint density at radius 2 is 1.90 bits per heavy atom. The van der Waals surface area contributed by atoms with Crippen LogP contribution in [0.4, 0.5) is 5.69 Å². The number of amides is 1. The van der Waals surface area contributed by atoms with E-state index in [9.17, 15) is 24.8 Å². The molecule has 39 heavy (non-hydrogen) atoms. The van der Waals surface area contributed by atoms with Gasteiger partial charge >= 0.3 is 0 Å². The number of likely N-dealkylation sites (tertiary alicyclic amines) is 1. The van der Waals surface area contributed by atoms with Gasteiger partial charge in [-0.1, -0.05) is 26.0 Å². The predicted molar refractivity (Wildman–Crippen MR) is 145 cm³/mol. The first-order chi connectivity index (χ1) is 18.7. The van der Waals surface area contributed by atoms with E-state index in [1.165, 1.54) is 23.1 Å². The molecule has 1 amide bonds. The van der Waals surface area contributed by atoms with Crippen molar-refractivity contribution in [3.8, 4) is 5.75 Å². The van der Waals surface area contributed by atoms with E-state index in [2.05, 4.69) is 4.90 Å². The Hall–Kier alpha value is -3.76. The molecule has 208 valence electrons. The van der Waals surface area contributed by atoms with Crippen LogP contribution in [0.5, 0.6) is 5.75 Å². The van der Waals surface area contributed by atoms with Crippen LogP contribution in [0.25, 0.3) is 5.76 Å². The molecule has 1 N–H and O–H groups in total. The maximum absolute atomic E-state index is 13.3. The Bertz CT molecular complexity index is 1270. The number of hydrogen-bond donors (Lipinski definition) is 1. The second-order valence-electron chi connectivity index (χ2n) is 10.3. The monoisotopic (exact) mass is 537 g/mol. The van der Waals surface area contributed by atoms with Gasteiger partial charge in [-0.2, -0.15) is 0 Å². The van der Waals surface area contributed by atoms with E-state index in [-0.39, 0.29) is 23.6 Å². The molecule has 0 saturated carbocycles. The summed E-state index contributed by atoms with van der Waals surface area (Å²) in [4.78, 5) is 41.2. The molecule has 2 heterocycles. The van der Waals surface area contributed by atoms with Gasteiger partial charge in [-0.15, -0.1) is 0 Å². The number of hydrogen-bond acceptors (Lipinski definition) is 8. The van der Waals surface area contributed by atoms with Crippen LogP contribution in [0.1, 0.15) is 43.0 Å². The third-order valence-corrected chi connectivity index (χ3v) is 6.93. The molecule has 0 bridgehead atoms. The van der Waals surface area contributed by atoms with Gasteiger partial charge in [0.05, 0.1) is 36.4 Å². The summed E-state index contributed by atoms with van der Waals surface area (Å²) < 4.78 is 11.2. The number of ether oxygens (including phenoxy) is 2. The van der Waals surface area contributed by atoms with Crippen LogP contribution in [-0.2, 0) is 14.3 Å². The average Bonchev–Trinajstić information content (AvgIpc) is 3.17. The SMILES string of the molecule is Cc1cc(/C(O)=C2\C(=O)C(=O)N(CCCN3CCOCC3)C2c2cccc([N+](=O)[O-])c2)ccc1OCC(C)C. The second-order valence-corrected chi connectivity index (χ2v) is 10.3. The molecule has 2 aliphatic rings. The Balaban J connectivity index is 1.70. The number of aliphatic hydroxyl groups excluding tert-OH is 1. The van der Waals surface area contributed by atoms with Crippen molar-refractivity contribution in [2.75, 3.05) is 46.0 Å². The molecule has 10 heteroatoms. The molecule has 2 aromatic carbocycles. The number of non-ortho nitro benzene ring substituents is 1. The summed E-state index contributed by atoms with van der Waals surface area (Å²) in [5, 5.41) is 22.9. The van der Waals surface area contributed by atoms with Crippen LogP contribution < -0.4 is 4.74 Å². The standard InChI is InChI=1S/C29H35N3O7/c1-19(2)18-39-24-9-8-22(16-20(24)3)27(33)25-26(21-6-4-7-23(17-21)32(36)37)31(29(35)28(25)34)11-5-10-30-12-14-38-15-13-30/h4,6-9,16-17,19,26,33H,5,10-15,18H2,1-3H3/b27-25+. The number of morpholine rings is 1. The summed E-state index contributed by atoms with van der Waals surface area (Å²) in [7, 11) is 0. The fourth-order valence-corrected chi connectivity index (χ4v) is 4.93. The Labute approximate surface area is 228 Å². The summed E-state index contributed by atoms with van der Waals surface area (Å²) >= 11 is 0. The Kier molecular flexibility index (Phi) is 8.98. The number of carbonyl (C=O) groups excluding carboxylic acids is 2. The van der Waals surface area contributed by atoms with Crippen molar-refractivity contribution in [3.05, 3.63) is 74.8 Å². The first-order valence-corrected chi connectivity index (χ1v) is 13.2. The van der Waals surface area contributed by atoms with E-state index >= 15 is 0 Å². The molecule has 10 nitrogen and oxygen atoms in total. The molecule has 2 aliphatic heterocycles. The summed E-state index contributed by atoms with van der Waals surface area (Å²) in [6.07, 6.45) is 0.597. The first-order valence-electron chi connectivity index (χ1n) is 13.2. The molecule has 2 aromatic rings. The van der Waals surface area contributed by atoms with Crippen molar-refractivity contribution in [3.63, 3.8) is 0 Å². The Morgan fingerprint density at radius 3 is 2.56 bits per heavy atom. The Morgan fingerprint density at radius 1 is 1.15 bits per heavy atom. The van der Waals surface area contributed by atoms with Crippen LogP contribution in [0, 0.1) is 23.0 Å². The fraction of sp³-hybridized carbons (Fsp3) is 0.448. The lowest BCUT2D eigenvalue weighted by atomic mass is 9.94. The predicted octanol–water partition coefficient (Wildman–Crippen LogP) is 4.08. The minimum atomic E-state index is -0.952. The molecule has 2 fully saturated rings. The minimum Gasteiger partial charge on any atom is -0.507 e. The zero-order valence-corrected chi connectivity index (χ0v) is 22.6. The molecular formula is C29H35N3O7. The first kappa shape index (κ1) is 28.3. The van der Waals surface area contributed by atoms with Crippen LogP contribution in [0.15, 0.2) is 48.0 Å². The van der Waals surface area contributed by atoms with E-state index in [1.807, 2.05) is 20.8 Å². The molecule has 4 rings (SSSR count). The van der Waals surface area contributed by atoms with Gasteiger partial charge in [0.15, 0.2) is 0 Å². The highest BCUT2D eigenvalue weighted by Gasteiger charge is 2.46. The summed E-state index contributed by atoms with van der Waals surface area (Å²) in [5.41, 5.74) is 1.29. The molecule has 1 atom stereocenters. The van der Waals surface area contributed by atoms with Crippen LogP contribution in [0.2, 0.25) is 0 Å². The quantitative estimate of drug-likeness (QED) is 0.158. The number of aliphatic hydroxyl groups is 1. The maximum Gasteiger partial charge on any atom is 0.295 e. The van der Waals surface area contributed by atoms with Crippen molar-refractivity contribution >= 4 is 23.1 Å². The second kappa shape index (κ2) is 12.4. The molecule has 0 radical (unpaired) electrons. The minimum absolute atomic E-state index is 0.0814. The number of ketones is 1. The van der Waals surface area contributed by atoms with Crippen molar-refractivity contribution in [2.24, 2.45) is 5.92 Å². The van der Waals surface area contributed by atoms with Crippen molar-refractivity contribution in [1.82, 2.24) is 9.80 Å². The number of Topliss-reactive ketones (excluding diaryl/α,β-unsaturated/α-hetero) is 1. The van der Waals surface area contributed by atoms with Crippen molar-refractivity contribution in [1.29, 1.82) is 0 Å². The fourth-order valence-electron chi connectivity index (χ4n) is 4.93. The van der Waals surface area contributed by atoms with Crippen molar-refractivity contribution < 1.29 is 29.1 Å². The third-order valence-electron chi connectivity index (χ3n) is 6.93. The van der Waals surface area contributed by atoms with Gasteiger partial charge < -0.3 is 19.5 Å². The zero-order valence-electron chi connectivity index (χ0n) is 22.6. The van der Waals surface area contributed by atoms with Gasteiger partial charge in [-0.05, 0) is 48.6 Å². The highest BCUT2D eigenvalue weighted by molar-refractivity contribution is 6.46. The van der Waals surface area contributed by atoms with E-state index in [0.717, 1.165) is 18.7 Å². The van der Waals surface area contributed by atoms with Crippen LogP contribution >= 0.6 is 0 Å². The van der Waals surface area contributed by atoms with E-state index in [0.29, 0.717) is 55.6 Å². The number of benzene rings is 2. The van der Waals surface area contributed by atoms with E-state index < -0.39 is 22.7 Å². The largest absolute Gasteiger partial charge is 0.507 e. The van der Waals surface area contributed by atoms with Crippen LogP contribution in [-0.4, -0.2) is 77.5 Å². The normalized spacial score (nSPS) is 19.6. The highest BCUT2D eigenvalue weighted by atomic mass is 16.6. The lowest BCUT2D eigenvalue weighted by Crippen LogP contribution is -2.39. The lowest BCUT2D eigenvalue weighted by molar-refractivity contribution is -0.384. The lowest BCUT2D eigenvalue weighted by Gasteiger charge is -2.29. The van der Waals surface area contributed by atoms with E-state index in [4.69, 9.17) is 9.47 Å². The molecule has 2 saturated heterocycles. The highest BCUT2D eigenvalue weighted by Crippen LogP contribution is 2.40. The van der Waals surface area contributed by atoms with Crippen molar-refractivity contribution in [2.45, 2.75) is 33.2 Å². The van der Waals surface area contributed by atoms with Gasteiger partial charge in [-0.3, -0.25) is 24.6 Å². The zero-order chi connectivity index (χ0) is 28.1. The van der Waals surface area contributed by atoms with Gasteiger partial charge in [0, 0.05) is 43.9 Å². The summed E-state index contributed by atoms with van der Waals surface area (Å²) in [6, 6.07) is 10.0. The molecule has 0 aliphatic carbocycles. The average molecular weight is 538 g/mol. The third kappa shape index (κ3) is 6.46. The number of rotatable bonds is 10. The smallest absolute Gasteiger partial charge is 0.295 e. The summed E-state index contributed by atoms with van der Waals surface area (Å²) in [5.74, 6) is -0.860. The number of carbonyl (C=O) groups is 2. The van der Waals surface area contributed by atoms with Gasteiger partial charge in [-0.25, -0.2) is 0 Å². The topological polar surface area (TPSA) is 122 Å². The van der Waals surface area contributed by atoms with E-state index in [1.54, 1.807) is 24.3 Å². The number of nitro benzene ring substituents is 1. The molecule has 0 spiro atoms. The van der Waals surface area contributed by atoms with Gasteiger partial charge in [0.25, 0.3) is 17.4 Å². The number of nitrogens with zero attached hydrogens (tertiary/aromatic N) is 3. The van der Waals surface area contributed by atoms with Gasteiger partial charge in [0.1, 0.15) is 11.5 Å². The number of nitro groups is 1. The van der Waals surface area contributed by atoms with Gasteiger partial charge in [0.2, 0.25) is 0 Å².